The van der Waals surface area contributed by atoms with Crippen LogP contribution in [0, 0.1) is 0 Å². The Balaban J connectivity index is 2.07. The molecule has 2 nitrogen and oxygen atoms in total. The van der Waals surface area contributed by atoms with Gasteiger partial charge in [-0.05, 0) is 31.2 Å². The summed E-state index contributed by atoms with van der Waals surface area (Å²) in [6, 6.07) is 7.88. The summed E-state index contributed by atoms with van der Waals surface area (Å²) in [4.78, 5) is 12.1. The van der Waals surface area contributed by atoms with E-state index in [-0.39, 0.29) is 11.9 Å². The monoisotopic (exact) mass is 218 g/mol. The van der Waals surface area contributed by atoms with E-state index >= 15 is 0 Å². The predicted molar refractivity (Wildman–Crippen MR) is 63.7 cm³/mol. The van der Waals surface area contributed by atoms with Crippen molar-refractivity contribution in [2.24, 2.45) is 0 Å². The summed E-state index contributed by atoms with van der Waals surface area (Å²) in [5.41, 5.74) is 2.05. The summed E-state index contributed by atoms with van der Waals surface area (Å²) in [6.45, 7) is 2.84. The van der Waals surface area contributed by atoms with Gasteiger partial charge in [0.1, 0.15) is 6.10 Å². The van der Waals surface area contributed by atoms with E-state index in [2.05, 4.69) is 6.92 Å². The number of carbonyl (C=O) groups is 1. The van der Waals surface area contributed by atoms with Crippen molar-refractivity contribution in [3.8, 4) is 0 Å². The first-order chi connectivity index (χ1) is 7.81. The van der Waals surface area contributed by atoms with E-state index < -0.39 is 0 Å². The zero-order valence-electron chi connectivity index (χ0n) is 9.74. The van der Waals surface area contributed by atoms with Crippen LogP contribution in [0.5, 0.6) is 0 Å². The molecule has 0 bridgehead atoms. The smallest absolute Gasteiger partial charge is 0.191 e. The first-order valence-electron chi connectivity index (χ1n) is 6.06. The van der Waals surface area contributed by atoms with Gasteiger partial charge in [-0.15, -0.1) is 0 Å². The molecular weight excluding hydrogens is 200 g/mol. The topological polar surface area (TPSA) is 26.3 Å². The van der Waals surface area contributed by atoms with Crippen LogP contribution in [0.2, 0.25) is 0 Å². The van der Waals surface area contributed by atoms with Crippen molar-refractivity contribution in [1.29, 1.82) is 0 Å². The van der Waals surface area contributed by atoms with E-state index in [1.165, 1.54) is 5.56 Å². The molecule has 1 atom stereocenters. The van der Waals surface area contributed by atoms with Crippen molar-refractivity contribution >= 4 is 5.78 Å². The van der Waals surface area contributed by atoms with Crippen LogP contribution >= 0.6 is 0 Å². The number of ether oxygens (including phenoxy) is 1. The average Bonchev–Trinajstić information content (AvgIpc) is 2.39. The fourth-order valence-corrected chi connectivity index (χ4v) is 2.04. The molecule has 1 aromatic rings. The number of benzene rings is 1. The minimum absolute atomic E-state index is 0.141. The molecule has 0 aromatic heterocycles. The molecule has 0 saturated carbocycles. The Bertz CT molecular complexity index is 348. The standard InChI is InChI=1S/C14H18O2/c1-2-11-6-8-12(9-7-11)14(15)13-5-3-4-10-16-13/h6-9,13H,2-5,10H2,1H3. The second-order valence-electron chi connectivity index (χ2n) is 4.27. The predicted octanol–water partition coefficient (Wildman–Crippen LogP) is 3.00. The molecule has 1 aliphatic heterocycles. The molecule has 0 amide bonds. The molecule has 1 aromatic carbocycles. The summed E-state index contributed by atoms with van der Waals surface area (Å²) in [7, 11) is 0. The molecular formula is C14H18O2. The lowest BCUT2D eigenvalue weighted by molar-refractivity contribution is 0.0186. The lowest BCUT2D eigenvalue weighted by atomic mass is 9.99. The Kier molecular flexibility index (Phi) is 3.73. The van der Waals surface area contributed by atoms with E-state index in [1.54, 1.807) is 0 Å². The van der Waals surface area contributed by atoms with Gasteiger partial charge in [-0.3, -0.25) is 4.79 Å². The van der Waals surface area contributed by atoms with Crippen molar-refractivity contribution in [3.63, 3.8) is 0 Å². The minimum Gasteiger partial charge on any atom is -0.370 e. The number of ketones is 1. The Morgan fingerprint density at radius 3 is 2.62 bits per heavy atom. The van der Waals surface area contributed by atoms with Crippen molar-refractivity contribution < 1.29 is 9.53 Å². The summed E-state index contributed by atoms with van der Waals surface area (Å²) < 4.78 is 5.50. The molecule has 0 radical (unpaired) electrons. The van der Waals surface area contributed by atoms with Gasteiger partial charge in [0.2, 0.25) is 0 Å². The SMILES string of the molecule is CCc1ccc(C(=O)C2CCCCO2)cc1. The molecule has 2 heteroatoms. The van der Waals surface area contributed by atoms with Crippen molar-refractivity contribution in [1.82, 2.24) is 0 Å². The lowest BCUT2D eigenvalue weighted by Gasteiger charge is -2.21. The second-order valence-corrected chi connectivity index (χ2v) is 4.27. The zero-order valence-corrected chi connectivity index (χ0v) is 9.74. The van der Waals surface area contributed by atoms with Gasteiger partial charge in [-0.25, -0.2) is 0 Å². The summed E-state index contributed by atoms with van der Waals surface area (Å²) >= 11 is 0. The normalized spacial score (nSPS) is 20.7. The molecule has 0 N–H and O–H groups in total. The van der Waals surface area contributed by atoms with Crippen LogP contribution in [-0.4, -0.2) is 18.5 Å². The fourth-order valence-electron chi connectivity index (χ4n) is 2.04. The van der Waals surface area contributed by atoms with Gasteiger partial charge in [-0.2, -0.15) is 0 Å². The van der Waals surface area contributed by atoms with Gasteiger partial charge in [0.25, 0.3) is 0 Å². The van der Waals surface area contributed by atoms with Crippen LogP contribution in [0.25, 0.3) is 0 Å². The largest absolute Gasteiger partial charge is 0.370 e. The molecule has 1 unspecified atom stereocenters. The number of hydrogen-bond acceptors (Lipinski definition) is 2. The van der Waals surface area contributed by atoms with Crippen LogP contribution in [0.4, 0.5) is 0 Å². The van der Waals surface area contributed by atoms with Crippen molar-refractivity contribution in [2.75, 3.05) is 6.61 Å². The zero-order chi connectivity index (χ0) is 11.4. The van der Waals surface area contributed by atoms with Crippen LogP contribution in [0.1, 0.15) is 42.1 Å². The Morgan fingerprint density at radius 2 is 2.06 bits per heavy atom. The van der Waals surface area contributed by atoms with Gasteiger partial charge >= 0.3 is 0 Å². The Labute approximate surface area is 96.6 Å². The molecule has 16 heavy (non-hydrogen) atoms. The molecule has 1 heterocycles. The number of rotatable bonds is 3. The Hall–Kier alpha value is -1.15. The van der Waals surface area contributed by atoms with Crippen molar-refractivity contribution in [2.45, 2.75) is 38.7 Å². The molecule has 1 aliphatic rings. The van der Waals surface area contributed by atoms with E-state index in [4.69, 9.17) is 4.74 Å². The van der Waals surface area contributed by atoms with E-state index in [9.17, 15) is 4.79 Å². The average molecular weight is 218 g/mol. The van der Waals surface area contributed by atoms with E-state index in [1.807, 2.05) is 24.3 Å². The first kappa shape index (κ1) is 11.3. The highest BCUT2D eigenvalue weighted by Crippen LogP contribution is 2.17. The third-order valence-electron chi connectivity index (χ3n) is 3.12. The highest BCUT2D eigenvalue weighted by Gasteiger charge is 2.22. The van der Waals surface area contributed by atoms with Gasteiger partial charge in [0.15, 0.2) is 5.78 Å². The van der Waals surface area contributed by atoms with Crippen LogP contribution < -0.4 is 0 Å². The number of Topliss-reactive ketones (excluding diaryl/α,β-unsaturated/α-hetero) is 1. The van der Waals surface area contributed by atoms with Gasteiger partial charge in [-0.1, -0.05) is 31.2 Å². The number of aryl methyl sites for hydroxylation is 1. The molecule has 1 fully saturated rings. The van der Waals surface area contributed by atoms with Gasteiger partial charge in [0.05, 0.1) is 0 Å². The maximum absolute atomic E-state index is 12.1. The third kappa shape index (κ3) is 2.50. The number of carbonyl (C=O) groups excluding carboxylic acids is 1. The minimum atomic E-state index is -0.207. The summed E-state index contributed by atoms with van der Waals surface area (Å²) in [5.74, 6) is 0.141. The molecule has 0 aliphatic carbocycles. The van der Waals surface area contributed by atoms with Crippen LogP contribution in [0.3, 0.4) is 0 Å². The highest BCUT2D eigenvalue weighted by atomic mass is 16.5. The summed E-state index contributed by atoms with van der Waals surface area (Å²) in [6.07, 6.45) is 3.85. The second kappa shape index (κ2) is 5.26. The molecule has 0 spiro atoms. The lowest BCUT2D eigenvalue weighted by Crippen LogP contribution is -2.28. The summed E-state index contributed by atoms with van der Waals surface area (Å²) in [5, 5.41) is 0. The third-order valence-corrected chi connectivity index (χ3v) is 3.12. The number of hydrogen-bond donors (Lipinski definition) is 0. The van der Waals surface area contributed by atoms with Gasteiger partial charge in [0, 0.05) is 12.2 Å². The quantitative estimate of drug-likeness (QED) is 0.729. The first-order valence-corrected chi connectivity index (χ1v) is 6.06. The highest BCUT2D eigenvalue weighted by molar-refractivity contribution is 5.99. The van der Waals surface area contributed by atoms with Crippen LogP contribution in [0.15, 0.2) is 24.3 Å². The maximum atomic E-state index is 12.1. The molecule has 1 saturated heterocycles. The van der Waals surface area contributed by atoms with E-state index in [0.29, 0.717) is 0 Å². The van der Waals surface area contributed by atoms with Gasteiger partial charge < -0.3 is 4.74 Å². The van der Waals surface area contributed by atoms with Crippen LogP contribution in [-0.2, 0) is 11.2 Å². The molecule has 86 valence electrons. The van der Waals surface area contributed by atoms with E-state index in [0.717, 1.165) is 37.9 Å². The fraction of sp³-hybridized carbons (Fsp3) is 0.500. The Morgan fingerprint density at radius 1 is 1.31 bits per heavy atom. The van der Waals surface area contributed by atoms with Crippen molar-refractivity contribution in [3.05, 3.63) is 35.4 Å². The molecule has 2 rings (SSSR count). The maximum Gasteiger partial charge on any atom is 0.191 e.